The number of nitrogens with one attached hydrogen (secondary N) is 2. The molecule has 0 aliphatic heterocycles. The Labute approximate surface area is 139 Å². The summed E-state index contributed by atoms with van der Waals surface area (Å²) in [6.45, 7) is 0. The van der Waals surface area contributed by atoms with Gasteiger partial charge in [0.25, 0.3) is 5.91 Å². The molecule has 1 saturated carbocycles. The molecule has 1 fully saturated rings. The SMILES string of the molecule is O=C(Nc1ccc(Cl)cc1)c1cccc(S(=O)(=O)NC2CC2)c1. The Hall–Kier alpha value is -1.89. The summed E-state index contributed by atoms with van der Waals surface area (Å²) in [6.07, 6.45) is 1.71. The summed E-state index contributed by atoms with van der Waals surface area (Å²) >= 11 is 5.80. The van der Waals surface area contributed by atoms with Crippen molar-refractivity contribution >= 4 is 33.2 Å². The Morgan fingerprint density at radius 2 is 1.78 bits per heavy atom. The molecule has 0 aromatic heterocycles. The van der Waals surface area contributed by atoms with E-state index in [1.807, 2.05) is 0 Å². The summed E-state index contributed by atoms with van der Waals surface area (Å²) in [6, 6.07) is 12.7. The number of halogens is 1. The molecule has 0 saturated heterocycles. The molecule has 23 heavy (non-hydrogen) atoms. The second-order valence-electron chi connectivity index (χ2n) is 5.38. The van der Waals surface area contributed by atoms with Gasteiger partial charge in [0, 0.05) is 22.3 Å². The lowest BCUT2D eigenvalue weighted by Gasteiger charge is -2.08. The summed E-state index contributed by atoms with van der Waals surface area (Å²) in [5, 5.41) is 3.28. The van der Waals surface area contributed by atoms with Crippen molar-refractivity contribution in [3.8, 4) is 0 Å². The largest absolute Gasteiger partial charge is 0.322 e. The van der Waals surface area contributed by atoms with Gasteiger partial charge in [-0.05, 0) is 55.3 Å². The number of benzene rings is 2. The molecule has 0 spiro atoms. The average Bonchev–Trinajstić information content (AvgIpc) is 3.33. The highest BCUT2D eigenvalue weighted by atomic mass is 35.5. The van der Waals surface area contributed by atoms with Crippen molar-refractivity contribution in [1.29, 1.82) is 0 Å². The van der Waals surface area contributed by atoms with Gasteiger partial charge in [0.05, 0.1) is 4.90 Å². The van der Waals surface area contributed by atoms with Crippen molar-refractivity contribution < 1.29 is 13.2 Å². The van der Waals surface area contributed by atoms with Crippen LogP contribution in [0.4, 0.5) is 5.69 Å². The van der Waals surface area contributed by atoms with Crippen LogP contribution in [-0.2, 0) is 10.0 Å². The van der Waals surface area contributed by atoms with Crippen LogP contribution in [0.1, 0.15) is 23.2 Å². The topological polar surface area (TPSA) is 75.3 Å². The van der Waals surface area contributed by atoms with Crippen molar-refractivity contribution in [2.45, 2.75) is 23.8 Å². The summed E-state index contributed by atoms with van der Waals surface area (Å²) in [5.74, 6) is -0.379. The van der Waals surface area contributed by atoms with Crippen molar-refractivity contribution in [1.82, 2.24) is 4.72 Å². The molecule has 0 atom stereocenters. The Morgan fingerprint density at radius 3 is 2.43 bits per heavy atom. The molecule has 120 valence electrons. The van der Waals surface area contributed by atoms with Gasteiger partial charge in [-0.2, -0.15) is 0 Å². The first-order valence-electron chi connectivity index (χ1n) is 7.13. The first-order valence-corrected chi connectivity index (χ1v) is 8.99. The number of anilines is 1. The number of carbonyl (C=O) groups is 1. The van der Waals surface area contributed by atoms with Crippen LogP contribution in [0.2, 0.25) is 5.02 Å². The van der Waals surface area contributed by atoms with Crippen LogP contribution in [0, 0.1) is 0 Å². The number of amides is 1. The molecule has 1 aliphatic rings. The molecule has 2 aromatic rings. The molecule has 0 radical (unpaired) electrons. The average molecular weight is 351 g/mol. The minimum atomic E-state index is -3.58. The molecular formula is C16H15ClN2O3S. The fourth-order valence-electron chi connectivity index (χ4n) is 2.03. The van der Waals surface area contributed by atoms with Gasteiger partial charge in [0.15, 0.2) is 0 Å². The number of carbonyl (C=O) groups excluding carboxylic acids is 1. The second-order valence-corrected chi connectivity index (χ2v) is 7.53. The molecule has 7 heteroatoms. The predicted molar refractivity (Wildman–Crippen MR) is 89.2 cm³/mol. The van der Waals surface area contributed by atoms with E-state index in [1.54, 1.807) is 36.4 Å². The van der Waals surface area contributed by atoms with E-state index in [0.717, 1.165) is 12.8 Å². The zero-order valence-electron chi connectivity index (χ0n) is 12.1. The maximum absolute atomic E-state index is 12.3. The smallest absolute Gasteiger partial charge is 0.255 e. The standard InChI is InChI=1S/C16H15ClN2O3S/c17-12-4-6-13(7-5-12)18-16(20)11-2-1-3-15(10-11)23(21,22)19-14-8-9-14/h1-7,10,14,19H,8-9H2,(H,18,20). The Kier molecular flexibility index (Phi) is 4.39. The number of rotatable bonds is 5. The third-order valence-corrected chi connectivity index (χ3v) is 5.18. The van der Waals surface area contributed by atoms with Gasteiger partial charge in [-0.25, -0.2) is 13.1 Å². The lowest BCUT2D eigenvalue weighted by molar-refractivity contribution is 0.102. The molecule has 1 amide bonds. The first-order chi connectivity index (χ1) is 10.9. The van der Waals surface area contributed by atoms with E-state index in [1.165, 1.54) is 12.1 Å². The molecule has 1 aliphatic carbocycles. The van der Waals surface area contributed by atoms with Crippen LogP contribution in [-0.4, -0.2) is 20.4 Å². The van der Waals surface area contributed by atoms with Gasteiger partial charge in [0.1, 0.15) is 0 Å². The highest BCUT2D eigenvalue weighted by Gasteiger charge is 2.28. The number of sulfonamides is 1. The summed E-state index contributed by atoms with van der Waals surface area (Å²) < 4.78 is 27.0. The van der Waals surface area contributed by atoms with E-state index in [0.29, 0.717) is 10.7 Å². The third kappa shape index (κ3) is 4.10. The summed E-state index contributed by atoms with van der Waals surface area (Å²) in [4.78, 5) is 12.3. The van der Waals surface area contributed by atoms with Crippen LogP contribution in [0.5, 0.6) is 0 Å². The molecule has 0 bridgehead atoms. The Balaban J connectivity index is 1.78. The molecule has 2 aromatic carbocycles. The second kappa shape index (κ2) is 6.31. The van der Waals surface area contributed by atoms with Crippen molar-refractivity contribution in [2.75, 3.05) is 5.32 Å². The van der Waals surface area contributed by atoms with Crippen LogP contribution in [0.3, 0.4) is 0 Å². The predicted octanol–water partition coefficient (Wildman–Crippen LogP) is 3.03. The zero-order valence-corrected chi connectivity index (χ0v) is 13.7. The summed E-state index contributed by atoms with van der Waals surface area (Å²) in [5.41, 5.74) is 0.863. The van der Waals surface area contributed by atoms with Crippen LogP contribution < -0.4 is 10.0 Å². The van der Waals surface area contributed by atoms with Gasteiger partial charge in [-0.1, -0.05) is 17.7 Å². The number of hydrogen-bond donors (Lipinski definition) is 2. The van der Waals surface area contributed by atoms with E-state index in [4.69, 9.17) is 11.6 Å². The maximum Gasteiger partial charge on any atom is 0.255 e. The van der Waals surface area contributed by atoms with E-state index >= 15 is 0 Å². The maximum atomic E-state index is 12.3. The fourth-order valence-corrected chi connectivity index (χ4v) is 3.51. The lowest BCUT2D eigenvalue weighted by Crippen LogP contribution is -2.26. The van der Waals surface area contributed by atoms with Gasteiger partial charge < -0.3 is 5.32 Å². The van der Waals surface area contributed by atoms with Crippen LogP contribution in [0.25, 0.3) is 0 Å². The minimum Gasteiger partial charge on any atom is -0.322 e. The van der Waals surface area contributed by atoms with Crippen molar-refractivity contribution in [3.05, 3.63) is 59.1 Å². The lowest BCUT2D eigenvalue weighted by atomic mass is 10.2. The van der Waals surface area contributed by atoms with E-state index in [-0.39, 0.29) is 22.4 Å². The van der Waals surface area contributed by atoms with Gasteiger partial charge in [0.2, 0.25) is 10.0 Å². The molecule has 0 heterocycles. The minimum absolute atomic E-state index is 0.0200. The normalized spacial score (nSPS) is 14.5. The van der Waals surface area contributed by atoms with Crippen molar-refractivity contribution in [3.63, 3.8) is 0 Å². The zero-order chi connectivity index (χ0) is 16.4. The highest BCUT2D eigenvalue weighted by molar-refractivity contribution is 7.89. The van der Waals surface area contributed by atoms with Crippen LogP contribution >= 0.6 is 11.6 Å². The van der Waals surface area contributed by atoms with Gasteiger partial charge in [-0.3, -0.25) is 4.79 Å². The first kappa shape index (κ1) is 16.0. The van der Waals surface area contributed by atoms with E-state index < -0.39 is 10.0 Å². The summed E-state index contributed by atoms with van der Waals surface area (Å²) in [7, 11) is -3.58. The molecular weight excluding hydrogens is 336 g/mol. The highest BCUT2D eigenvalue weighted by Crippen LogP contribution is 2.22. The third-order valence-electron chi connectivity index (χ3n) is 3.41. The van der Waals surface area contributed by atoms with Gasteiger partial charge >= 0.3 is 0 Å². The quantitative estimate of drug-likeness (QED) is 0.870. The molecule has 5 nitrogen and oxygen atoms in total. The van der Waals surface area contributed by atoms with Crippen molar-refractivity contribution in [2.24, 2.45) is 0 Å². The van der Waals surface area contributed by atoms with Crippen LogP contribution in [0.15, 0.2) is 53.4 Å². The molecule has 2 N–H and O–H groups in total. The fraction of sp³-hybridized carbons (Fsp3) is 0.188. The molecule has 0 unspecified atom stereocenters. The Bertz CT molecular complexity index is 831. The van der Waals surface area contributed by atoms with Gasteiger partial charge in [-0.15, -0.1) is 0 Å². The van der Waals surface area contributed by atoms with E-state index in [9.17, 15) is 13.2 Å². The number of hydrogen-bond acceptors (Lipinski definition) is 3. The molecule has 3 rings (SSSR count). The van der Waals surface area contributed by atoms with E-state index in [2.05, 4.69) is 10.0 Å². The Morgan fingerprint density at radius 1 is 1.09 bits per heavy atom. The monoisotopic (exact) mass is 350 g/mol.